The highest BCUT2D eigenvalue weighted by atomic mass is 35.5. The summed E-state index contributed by atoms with van der Waals surface area (Å²) in [6, 6.07) is 8.12. The van der Waals surface area contributed by atoms with E-state index in [0.29, 0.717) is 31.6 Å². The molecule has 3 aromatic rings. The molecular weight excluding hydrogens is 518 g/mol. The first-order valence-corrected chi connectivity index (χ1v) is 11.4. The number of H-pyrrole nitrogens is 1. The largest absolute Gasteiger partial charge is 0.489 e. The van der Waals surface area contributed by atoms with Gasteiger partial charge in [0, 0.05) is 23.7 Å². The minimum Gasteiger partial charge on any atom is -0.489 e. The molecule has 196 valence electrons. The van der Waals surface area contributed by atoms with Gasteiger partial charge in [-0.05, 0) is 43.3 Å². The van der Waals surface area contributed by atoms with Crippen molar-refractivity contribution in [3.05, 3.63) is 64.7 Å². The number of amides is 1. The van der Waals surface area contributed by atoms with E-state index in [4.69, 9.17) is 25.8 Å². The van der Waals surface area contributed by atoms with Crippen molar-refractivity contribution in [2.45, 2.75) is 13.1 Å². The summed E-state index contributed by atoms with van der Waals surface area (Å²) in [4.78, 5) is 18.5. The Bertz CT molecular complexity index is 1280. The van der Waals surface area contributed by atoms with Gasteiger partial charge in [-0.3, -0.25) is 4.79 Å². The number of anilines is 1. The van der Waals surface area contributed by atoms with E-state index in [9.17, 15) is 22.4 Å². The lowest BCUT2D eigenvalue weighted by atomic mass is 10.1. The van der Waals surface area contributed by atoms with Gasteiger partial charge in [0.25, 0.3) is 0 Å². The van der Waals surface area contributed by atoms with Gasteiger partial charge >= 0.3 is 12.1 Å². The van der Waals surface area contributed by atoms with Crippen molar-refractivity contribution in [2.24, 2.45) is 0 Å². The first kappa shape index (κ1) is 28.0. The molecule has 12 heteroatoms. The number of carbonyl (C=O) groups is 1. The second-order valence-electron chi connectivity index (χ2n) is 7.34. The maximum atomic E-state index is 13.3. The van der Waals surface area contributed by atoms with Crippen LogP contribution in [0.15, 0.2) is 42.6 Å². The number of halogens is 5. The Kier molecular flexibility index (Phi) is 9.91. The molecule has 0 saturated heterocycles. The standard InChI is InChI=1S/C25H22ClF4N3O4/c1-2-35-9-10-36-11-12-37-21-7-5-17(24-31-15-22(33-24)25(28,29)30)14-20(21)32-23(34)8-4-16-3-6-19(27)18(26)13-16/h3,5-7,13-15H,2,9-12H2,1H3,(H,31,33)(H,32,34). The SMILES string of the molecule is CCOCCOCCOc1ccc(-c2ncc(C(F)(F)F)[nH]2)cc1NC(=O)C#Cc1ccc(F)c(Cl)c1. The number of hydrogen-bond acceptors (Lipinski definition) is 5. The van der Waals surface area contributed by atoms with Crippen LogP contribution in [0.3, 0.4) is 0 Å². The highest BCUT2D eigenvalue weighted by Crippen LogP contribution is 2.32. The van der Waals surface area contributed by atoms with Gasteiger partial charge in [-0.15, -0.1) is 0 Å². The molecule has 0 aliphatic rings. The Labute approximate surface area is 215 Å². The molecule has 0 fully saturated rings. The molecule has 0 saturated carbocycles. The Balaban J connectivity index is 1.77. The van der Waals surface area contributed by atoms with E-state index in [2.05, 4.69) is 27.1 Å². The molecule has 0 bridgehead atoms. The number of hydrogen-bond donors (Lipinski definition) is 2. The second-order valence-corrected chi connectivity index (χ2v) is 7.75. The van der Waals surface area contributed by atoms with Crippen molar-refractivity contribution in [2.75, 3.05) is 38.4 Å². The Morgan fingerprint density at radius 1 is 1.11 bits per heavy atom. The number of alkyl halides is 3. The number of ether oxygens (including phenoxy) is 3. The van der Waals surface area contributed by atoms with Crippen LogP contribution in [0.5, 0.6) is 5.75 Å². The number of aromatic nitrogens is 2. The highest BCUT2D eigenvalue weighted by Gasteiger charge is 2.33. The van der Waals surface area contributed by atoms with Gasteiger partial charge in [0.15, 0.2) is 0 Å². The summed E-state index contributed by atoms with van der Waals surface area (Å²) in [6.45, 7) is 3.63. The number of nitrogens with one attached hydrogen (secondary N) is 2. The third kappa shape index (κ3) is 8.49. The summed E-state index contributed by atoms with van der Waals surface area (Å²) in [7, 11) is 0. The molecular formula is C25H22ClF4N3O4. The molecule has 0 radical (unpaired) electrons. The van der Waals surface area contributed by atoms with Crippen LogP contribution in [-0.4, -0.2) is 48.9 Å². The summed E-state index contributed by atoms with van der Waals surface area (Å²) in [5, 5.41) is 2.41. The molecule has 0 atom stereocenters. The highest BCUT2D eigenvalue weighted by molar-refractivity contribution is 6.30. The minimum atomic E-state index is -4.59. The topological polar surface area (TPSA) is 85.5 Å². The van der Waals surface area contributed by atoms with Gasteiger partial charge in [0.1, 0.15) is 29.7 Å². The van der Waals surface area contributed by atoms with Crippen molar-refractivity contribution < 1.29 is 36.6 Å². The third-order valence-electron chi connectivity index (χ3n) is 4.68. The van der Waals surface area contributed by atoms with Gasteiger partial charge in [-0.2, -0.15) is 13.2 Å². The maximum Gasteiger partial charge on any atom is 0.432 e. The molecule has 1 aromatic heterocycles. The zero-order valence-corrected chi connectivity index (χ0v) is 20.3. The van der Waals surface area contributed by atoms with Gasteiger partial charge in [-0.1, -0.05) is 17.5 Å². The number of rotatable bonds is 10. The van der Waals surface area contributed by atoms with Gasteiger partial charge in [0.05, 0.1) is 36.7 Å². The van der Waals surface area contributed by atoms with Gasteiger partial charge < -0.3 is 24.5 Å². The minimum absolute atomic E-state index is 0.0549. The lowest BCUT2D eigenvalue weighted by Crippen LogP contribution is -2.13. The van der Waals surface area contributed by atoms with Crippen LogP contribution < -0.4 is 10.1 Å². The smallest absolute Gasteiger partial charge is 0.432 e. The van der Waals surface area contributed by atoms with Crippen LogP contribution in [0.1, 0.15) is 18.2 Å². The lowest BCUT2D eigenvalue weighted by Gasteiger charge is -2.13. The average molecular weight is 540 g/mol. The molecule has 7 nitrogen and oxygen atoms in total. The fraction of sp³-hybridized carbons (Fsp3) is 0.280. The monoisotopic (exact) mass is 539 g/mol. The number of aromatic amines is 1. The molecule has 1 amide bonds. The van der Waals surface area contributed by atoms with Crippen LogP contribution in [0.4, 0.5) is 23.2 Å². The molecule has 3 rings (SSSR count). The van der Waals surface area contributed by atoms with E-state index in [-0.39, 0.29) is 41.1 Å². The summed E-state index contributed by atoms with van der Waals surface area (Å²) in [5.41, 5.74) is -0.287. The molecule has 2 aromatic carbocycles. The molecule has 0 unspecified atom stereocenters. The number of benzene rings is 2. The number of imidazole rings is 1. The molecule has 0 aliphatic heterocycles. The zero-order valence-electron chi connectivity index (χ0n) is 19.5. The van der Waals surface area contributed by atoms with Crippen molar-refractivity contribution in [3.63, 3.8) is 0 Å². The Hall–Kier alpha value is -3.59. The number of nitrogens with zero attached hydrogens (tertiary/aromatic N) is 1. The van der Waals surface area contributed by atoms with Crippen LogP contribution in [0.2, 0.25) is 5.02 Å². The predicted octanol–water partition coefficient (Wildman–Crippen LogP) is 5.31. The van der Waals surface area contributed by atoms with E-state index in [1.165, 1.54) is 30.3 Å². The van der Waals surface area contributed by atoms with Crippen LogP contribution in [0, 0.1) is 17.7 Å². The molecule has 2 N–H and O–H groups in total. The quantitative estimate of drug-likeness (QED) is 0.207. The second kappa shape index (κ2) is 13.1. The summed E-state index contributed by atoms with van der Waals surface area (Å²) in [6.07, 6.45) is -3.91. The summed E-state index contributed by atoms with van der Waals surface area (Å²) >= 11 is 5.72. The molecule has 0 aliphatic carbocycles. The van der Waals surface area contributed by atoms with Crippen LogP contribution in [0.25, 0.3) is 11.4 Å². The van der Waals surface area contributed by atoms with Crippen molar-refractivity contribution in [1.29, 1.82) is 0 Å². The van der Waals surface area contributed by atoms with Crippen LogP contribution >= 0.6 is 11.6 Å². The lowest BCUT2D eigenvalue weighted by molar-refractivity contribution is -0.140. The van der Waals surface area contributed by atoms with Crippen molar-refractivity contribution in [1.82, 2.24) is 9.97 Å². The first-order valence-electron chi connectivity index (χ1n) is 11.0. The fourth-order valence-corrected chi connectivity index (χ4v) is 3.12. The predicted molar refractivity (Wildman–Crippen MR) is 129 cm³/mol. The third-order valence-corrected chi connectivity index (χ3v) is 4.97. The van der Waals surface area contributed by atoms with Crippen molar-refractivity contribution >= 4 is 23.2 Å². The zero-order chi connectivity index (χ0) is 26.8. The van der Waals surface area contributed by atoms with E-state index < -0.39 is 23.6 Å². The Morgan fingerprint density at radius 3 is 2.57 bits per heavy atom. The van der Waals surface area contributed by atoms with E-state index in [0.717, 1.165) is 6.07 Å². The normalized spacial score (nSPS) is 11.1. The maximum absolute atomic E-state index is 13.3. The number of carbonyl (C=O) groups excluding carboxylic acids is 1. The van der Waals surface area contributed by atoms with Gasteiger partial charge in [0.2, 0.25) is 0 Å². The average Bonchev–Trinajstić information content (AvgIpc) is 3.36. The van der Waals surface area contributed by atoms with Crippen molar-refractivity contribution in [3.8, 4) is 29.0 Å². The van der Waals surface area contributed by atoms with E-state index in [1.54, 1.807) is 0 Å². The summed E-state index contributed by atoms with van der Waals surface area (Å²) in [5.74, 6) is 3.73. The van der Waals surface area contributed by atoms with E-state index in [1.807, 2.05) is 6.92 Å². The summed E-state index contributed by atoms with van der Waals surface area (Å²) < 4.78 is 68.5. The van der Waals surface area contributed by atoms with E-state index >= 15 is 0 Å². The molecule has 1 heterocycles. The molecule has 0 spiro atoms. The Morgan fingerprint density at radius 2 is 1.86 bits per heavy atom. The first-order chi connectivity index (χ1) is 17.7. The fourth-order valence-electron chi connectivity index (χ4n) is 2.94. The van der Waals surface area contributed by atoms with Crippen LogP contribution in [-0.2, 0) is 20.4 Å². The molecule has 37 heavy (non-hydrogen) atoms. The van der Waals surface area contributed by atoms with Gasteiger partial charge in [-0.25, -0.2) is 9.37 Å².